The number of imidazole rings is 1. The molecule has 2 saturated carbocycles. The van der Waals surface area contributed by atoms with Crippen LogP contribution in [0.1, 0.15) is 72.6 Å². The van der Waals surface area contributed by atoms with Gasteiger partial charge in [0.05, 0.1) is 21.7 Å². The molecule has 12 heteroatoms. The molecule has 1 aliphatic heterocycles. The van der Waals surface area contributed by atoms with Gasteiger partial charge in [0, 0.05) is 55.1 Å². The Morgan fingerprint density at radius 1 is 1.07 bits per heavy atom. The van der Waals surface area contributed by atoms with E-state index in [1.54, 1.807) is 12.4 Å². The fourth-order valence-corrected chi connectivity index (χ4v) is 7.64. The van der Waals surface area contributed by atoms with E-state index >= 15 is 0 Å². The van der Waals surface area contributed by atoms with Crippen LogP contribution in [0.4, 0.5) is 5.95 Å². The van der Waals surface area contributed by atoms with Gasteiger partial charge in [0.1, 0.15) is 5.69 Å². The van der Waals surface area contributed by atoms with Crippen LogP contribution in [0.15, 0.2) is 33.8 Å². The van der Waals surface area contributed by atoms with Crippen molar-refractivity contribution in [2.75, 3.05) is 18.0 Å². The van der Waals surface area contributed by atoms with Gasteiger partial charge in [-0.15, -0.1) is 0 Å². The molecule has 3 aliphatic rings. The van der Waals surface area contributed by atoms with Gasteiger partial charge >= 0.3 is 5.76 Å². The summed E-state index contributed by atoms with van der Waals surface area (Å²) in [7, 11) is 0. The molecule has 0 aromatic carbocycles. The van der Waals surface area contributed by atoms with Gasteiger partial charge in [-0.05, 0) is 63.5 Å². The second-order valence-electron chi connectivity index (χ2n) is 13.8. The van der Waals surface area contributed by atoms with Gasteiger partial charge in [-0.2, -0.15) is 0 Å². The minimum absolute atomic E-state index is 0.0575. The maximum Gasteiger partial charge on any atom is 0.439 e. The number of halogens is 1. The number of rotatable bonds is 7. The zero-order valence-electron chi connectivity index (χ0n) is 26.4. The Morgan fingerprint density at radius 2 is 1.78 bits per heavy atom. The largest absolute Gasteiger partial charge is 0.439 e. The average Bonchev–Trinajstić information content (AvgIpc) is 3.47. The molecule has 45 heavy (non-hydrogen) atoms. The molecule has 238 valence electrons. The summed E-state index contributed by atoms with van der Waals surface area (Å²) in [5.74, 6) is 2.02. The lowest BCUT2D eigenvalue weighted by molar-refractivity contribution is -0.137. The molecule has 0 radical (unpaired) electrons. The first-order valence-corrected chi connectivity index (χ1v) is 16.7. The third-order valence-electron chi connectivity index (χ3n) is 10.3. The highest BCUT2D eigenvalue weighted by atomic mass is 35.5. The molecule has 4 aromatic heterocycles. The molecule has 0 spiro atoms. The molecule has 1 amide bonds. The number of nitrogens with one attached hydrogen (secondary N) is 1. The monoisotopic (exact) mass is 632 g/mol. The number of carbonyl (C=O) groups excluding carboxylic acids is 1. The molecule has 4 aromatic rings. The molecular weight excluding hydrogens is 592 g/mol. The van der Waals surface area contributed by atoms with E-state index in [1.807, 2.05) is 12.1 Å². The average molecular weight is 633 g/mol. The summed E-state index contributed by atoms with van der Waals surface area (Å²) in [5.41, 5.74) is 3.28. The number of aromatic amines is 1. The van der Waals surface area contributed by atoms with E-state index in [4.69, 9.17) is 26.1 Å². The lowest BCUT2D eigenvalue weighted by Gasteiger charge is -2.46. The van der Waals surface area contributed by atoms with Crippen molar-refractivity contribution in [3.63, 3.8) is 0 Å². The molecule has 0 bridgehead atoms. The lowest BCUT2D eigenvalue weighted by atomic mass is 9.81. The van der Waals surface area contributed by atoms with Crippen molar-refractivity contribution in [3.8, 4) is 22.8 Å². The highest BCUT2D eigenvalue weighted by Crippen LogP contribution is 2.47. The van der Waals surface area contributed by atoms with Gasteiger partial charge in [0.15, 0.2) is 0 Å². The number of anilines is 1. The van der Waals surface area contributed by atoms with Crippen molar-refractivity contribution in [1.82, 2.24) is 34.6 Å². The van der Waals surface area contributed by atoms with Crippen molar-refractivity contribution in [2.45, 2.75) is 91.3 Å². The van der Waals surface area contributed by atoms with E-state index in [9.17, 15) is 9.59 Å². The van der Waals surface area contributed by atoms with E-state index < -0.39 is 5.76 Å². The smallest absolute Gasteiger partial charge is 0.338 e. The summed E-state index contributed by atoms with van der Waals surface area (Å²) < 4.78 is 7.17. The number of pyridine rings is 2. The molecule has 2 atom stereocenters. The van der Waals surface area contributed by atoms with Crippen LogP contribution >= 0.6 is 11.6 Å². The van der Waals surface area contributed by atoms with Crippen molar-refractivity contribution in [1.29, 1.82) is 0 Å². The maximum atomic E-state index is 13.4. The van der Waals surface area contributed by atoms with Crippen molar-refractivity contribution >= 4 is 34.5 Å². The second kappa shape index (κ2) is 11.6. The van der Waals surface area contributed by atoms with Crippen LogP contribution in [0.25, 0.3) is 33.8 Å². The van der Waals surface area contributed by atoms with Crippen molar-refractivity contribution in [2.24, 2.45) is 17.3 Å². The van der Waals surface area contributed by atoms with Gasteiger partial charge in [-0.1, -0.05) is 49.9 Å². The number of amides is 1. The first-order chi connectivity index (χ1) is 21.6. The van der Waals surface area contributed by atoms with Crippen LogP contribution in [0.2, 0.25) is 5.02 Å². The Morgan fingerprint density at radius 3 is 2.40 bits per heavy atom. The molecule has 11 nitrogen and oxygen atoms in total. The van der Waals surface area contributed by atoms with Gasteiger partial charge in [-0.3, -0.25) is 19.3 Å². The van der Waals surface area contributed by atoms with E-state index in [1.165, 1.54) is 32.1 Å². The quantitative estimate of drug-likeness (QED) is 0.266. The highest BCUT2D eigenvalue weighted by Gasteiger charge is 2.49. The summed E-state index contributed by atoms with van der Waals surface area (Å²) in [6, 6.07) is 3.83. The van der Waals surface area contributed by atoms with Crippen LogP contribution in [0.3, 0.4) is 0 Å². The summed E-state index contributed by atoms with van der Waals surface area (Å²) in [5, 5.41) is 4.42. The molecule has 5 heterocycles. The number of hydrogen-bond donors (Lipinski definition) is 1. The van der Waals surface area contributed by atoms with Gasteiger partial charge in [-0.25, -0.2) is 14.8 Å². The van der Waals surface area contributed by atoms with Crippen molar-refractivity contribution in [3.05, 3.63) is 40.1 Å². The zero-order valence-corrected chi connectivity index (χ0v) is 27.2. The SMILES string of the molecule is CCC1CCC(Cn2c(N3C(C)CN(C(=O)C4(C)CC4)CC3C)nc3cc(-c4noc(=O)[nH]4)nc(-c4cncc(Cl)c4)c32)CC1. The minimum atomic E-state index is -0.651. The van der Waals surface area contributed by atoms with E-state index in [0.717, 1.165) is 47.8 Å². The normalized spacial score (nSPS) is 24.7. The molecule has 3 fully saturated rings. The first kappa shape index (κ1) is 30.0. The third-order valence-corrected chi connectivity index (χ3v) is 10.5. The summed E-state index contributed by atoms with van der Waals surface area (Å²) in [6.07, 6.45) is 11.3. The van der Waals surface area contributed by atoms with E-state index in [0.29, 0.717) is 35.4 Å². The standard InChI is InChI=1S/C33H41ClN8O3/c1-5-21-6-8-22(9-7-21)18-41-28-25(37-31(41)42-19(2)16-40(17-20(42)3)30(43)33(4)10-11-33)13-26(29-38-32(44)45-39-29)36-27(28)23-12-24(34)15-35-14-23/h12-15,19-22H,5-11,16-18H2,1-4H3,(H,38,39,44). The van der Waals surface area contributed by atoms with Gasteiger partial charge in [0.25, 0.3) is 0 Å². The van der Waals surface area contributed by atoms with E-state index in [-0.39, 0.29) is 29.2 Å². The number of hydrogen-bond acceptors (Lipinski definition) is 8. The first-order valence-electron chi connectivity index (χ1n) is 16.3. The fourth-order valence-electron chi connectivity index (χ4n) is 7.46. The predicted molar refractivity (Wildman–Crippen MR) is 173 cm³/mol. The Balaban J connectivity index is 1.37. The molecule has 1 saturated heterocycles. The van der Waals surface area contributed by atoms with Crippen LogP contribution in [-0.4, -0.2) is 65.6 Å². The zero-order chi connectivity index (χ0) is 31.5. The van der Waals surface area contributed by atoms with E-state index in [2.05, 4.69) is 57.2 Å². The molecule has 2 unspecified atom stereocenters. The number of H-pyrrole nitrogens is 1. The van der Waals surface area contributed by atoms with Gasteiger partial charge in [0.2, 0.25) is 17.7 Å². The Hall–Kier alpha value is -3.73. The molecule has 2 aliphatic carbocycles. The lowest BCUT2D eigenvalue weighted by Crippen LogP contribution is -2.60. The van der Waals surface area contributed by atoms with Gasteiger partial charge < -0.3 is 14.4 Å². The Bertz CT molecular complexity index is 1770. The molecular formula is C33H41ClN8O3. The number of carbonyl (C=O) groups is 1. The summed E-state index contributed by atoms with van der Waals surface area (Å²) in [4.78, 5) is 47.0. The number of piperazine rings is 1. The fraction of sp³-hybridized carbons (Fsp3) is 0.576. The molecule has 1 N–H and O–H groups in total. The van der Waals surface area contributed by atoms with Crippen LogP contribution in [0.5, 0.6) is 0 Å². The summed E-state index contributed by atoms with van der Waals surface area (Å²) >= 11 is 6.44. The van der Waals surface area contributed by atoms with Crippen LogP contribution < -0.4 is 10.7 Å². The Kier molecular flexibility index (Phi) is 7.70. The predicted octanol–water partition coefficient (Wildman–Crippen LogP) is 5.93. The maximum absolute atomic E-state index is 13.4. The number of aromatic nitrogens is 6. The number of nitrogens with zero attached hydrogens (tertiary/aromatic N) is 7. The van der Waals surface area contributed by atoms with Crippen LogP contribution in [0, 0.1) is 17.3 Å². The minimum Gasteiger partial charge on any atom is -0.338 e. The topological polar surface area (TPSA) is 126 Å². The molecule has 7 rings (SSSR count). The highest BCUT2D eigenvalue weighted by molar-refractivity contribution is 6.30. The van der Waals surface area contributed by atoms with Crippen molar-refractivity contribution < 1.29 is 9.32 Å². The summed E-state index contributed by atoms with van der Waals surface area (Å²) in [6.45, 7) is 10.9. The number of fused-ring (bicyclic) bond motifs is 1. The third kappa shape index (κ3) is 5.64. The second-order valence-corrected chi connectivity index (χ2v) is 14.2. The Labute approximate surface area is 267 Å². The van der Waals surface area contributed by atoms with Crippen LogP contribution in [-0.2, 0) is 11.3 Å².